The Bertz CT molecular complexity index is 691. The van der Waals surface area contributed by atoms with Gasteiger partial charge in [-0.05, 0) is 24.3 Å². The Morgan fingerprint density at radius 2 is 1.81 bits per heavy atom. The Labute approximate surface area is 119 Å². The second-order valence-corrected chi connectivity index (χ2v) is 4.04. The maximum atomic E-state index is 13.4. The number of nitriles is 1. The molecule has 0 unspecified atom stereocenters. The number of rotatable bonds is 4. The van der Waals surface area contributed by atoms with E-state index in [1.165, 1.54) is 18.2 Å². The molecule has 21 heavy (non-hydrogen) atoms. The number of nitrogens with zero attached hydrogens (tertiary/aromatic N) is 1. The molecule has 0 saturated carbocycles. The smallest absolute Gasteiger partial charge is 0.262 e. The van der Waals surface area contributed by atoms with Crippen molar-refractivity contribution < 1.29 is 18.3 Å². The highest BCUT2D eigenvalue weighted by molar-refractivity contribution is 5.92. The van der Waals surface area contributed by atoms with Crippen molar-refractivity contribution in [1.29, 1.82) is 5.26 Å². The quantitative estimate of drug-likeness (QED) is 0.941. The molecule has 0 fully saturated rings. The minimum atomic E-state index is -0.874. The van der Waals surface area contributed by atoms with Crippen molar-refractivity contribution in [3.05, 3.63) is 59.7 Å². The zero-order valence-corrected chi connectivity index (χ0v) is 10.8. The second kappa shape index (κ2) is 6.48. The first kappa shape index (κ1) is 14.5. The van der Waals surface area contributed by atoms with Crippen LogP contribution in [0.15, 0.2) is 42.5 Å². The highest BCUT2D eigenvalue weighted by Gasteiger charge is 2.12. The fourth-order valence-corrected chi connectivity index (χ4v) is 1.62. The van der Waals surface area contributed by atoms with E-state index in [-0.39, 0.29) is 11.3 Å². The van der Waals surface area contributed by atoms with Crippen molar-refractivity contribution in [2.75, 3.05) is 11.9 Å². The molecule has 2 aromatic carbocycles. The molecule has 0 aliphatic carbocycles. The van der Waals surface area contributed by atoms with E-state index in [2.05, 4.69) is 5.32 Å². The van der Waals surface area contributed by atoms with Crippen LogP contribution in [0.4, 0.5) is 14.5 Å². The Morgan fingerprint density at radius 1 is 1.14 bits per heavy atom. The minimum absolute atomic E-state index is 0.226. The van der Waals surface area contributed by atoms with Crippen LogP contribution >= 0.6 is 0 Å². The highest BCUT2D eigenvalue weighted by atomic mass is 19.1. The summed E-state index contributed by atoms with van der Waals surface area (Å²) in [5, 5.41) is 11.0. The van der Waals surface area contributed by atoms with E-state index < -0.39 is 29.8 Å². The lowest BCUT2D eigenvalue weighted by Crippen LogP contribution is -2.21. The number of benzene rings is 2. The summed E-state index contributed by atoms with van der Waals surface area (Å²) in [5.41, 5.74) is -0.262. The maximum absolute atomic E-state index is 13.4. The topological polar surface area (TPSA) is 62.1 Å². The lowest BCUT2D eigenvalue weighted by molar-refractivity contribution is -0.118. The Morgan fingerprint density at radius 3 is 2.48 bits per heavy atom. The lowest BCUT2D eigenvalue weighted by Gasteiger charge is -2.09. The zero-order valence-electron chi connectivity index (χ0n) is 10.8. The van der Waals surface area contributed by atoms with Gasteiger partial charge in [0.25, 0.3) is 5.91 Å². The number of nitrogens with one attached hydrogen (secondary N) is 1. The Balaban J connectivity index is 2.02. The number of amides is 1. The molecule has 4 nitrogen and oxygen atoms in total. The molecule has 0 aromatic heterocycles. The Hall–Kier alpha value is -2.94. The van der Waals surface area contributed by atoms with Crippen molar-refractivity contribution in [3.8, 4) is 11.8 Å². The van der Waals surface area contributed by atoms with Gasteiger partial charge in [-0.3, -0.25) is 4.79 Å². The average Bonchev–Trinajstić information content (AvgIpc) is 2.49. The Kier molecular flexibility index (Phi) is 4.46. The number of carbonyl (C=O) groups excluding carboxylic acids is 1. The zero-order chi connectivity index (χ0) is 15.2. The van der Waals surface area contributed by atoms with E-state index in [1.54, 1.807) is 12.1 Å². The van der Waals surface area contributed by atoms with Crippen molar-refractivity contribution >= 4 is 11.6 Å². The van der Waals surface area contributed by atoms with Crippen LogP contribution in [0.1, 0.15) is 5.56 Å². The molecule has 1 amide bonds. The van der Waals surface area contributed by atoms with Crippen LogP contribution in [0.2, 0.25) is 0 Å². The van der Waals surface area contributed by atoms with Gasteiger partial charge in [0.2, 0.25) is 0 Å². The number of para-hydroxylation sites is 2. The predicted molar refractivity (Wildman–Crippen MR) is 71.6 cm³/mol. The molecular formula is C15H10F2N2O2. The molecule has 0 saturated heterocycles. The fourth-order valence-electron chi connectivity index (χ4n) is 1.62. The summed E-state index contributed by atoms with van der Waals surface area (Å²) in [4.78, 5) is 11.6. The largest absolute Gasteiger partial charge is 0.482 e. The molecule has 106 valence electrons. The fraction of sp³-hybridized carbons (Fsp3) is 0.0667. The molecule has 0 radical (unpaired) electrons. The van der Waals surface area contributed by atoms with E-state index in [4.69, 9.17) is 10.00 Å². The van der Waals surface area contributed by atoms with Crippen LogP contribution in [0.25, 0.3) is 0 Å². The summed E-state index contributed by atoms with van der Waals surface area (Å²) in [6, 6.07) is 11.5. The SMILES string of the molecule is N#Cc1ccccc1OCC(=O)Nc1c(F)cccc1F. The number of halogens is 2. The van der Waals surface area contributed by atoms with Crippen LogP contribution in [0.5, 0.6) is 5.75 Å². The molecule has 0 spiro atoms. The third kappa shape index (κ3) is 3.54. The van der Waals surface area contributed by atoms with E-state index in [1.807, 2.05) is 6.07 Å². The summed E-state index contributed by atoms with van der Waals surface area (Å²) in [7, 11) is 0. The summed E-state index contributed by atoms with van der Waals surface area (Å²) < 4.78 is 31.9. The summed E-state index contributed by atoms with van der Waals surface area (Å²) in [6.07, 6.45) is 0. The molecule has 0 atom stereocenters. The molecule has 0 heterocycles. The van der Waals surface area contributed by atoms with Crippen molar-refractivity contribution in [2.24, 2.45) is 0 Å². The predicted octanol–water partition coefficient (Wildman–Crippen LogP) is 2.85. The van der Waals surface area contributed by atoms with Gasteiger partial charge in [-0.15, -0.1) is 0 Å². The first-order valence-electron chi connectivity index (χ1n) is 5.97. The van der Waals surface area contributed by atoms with Gasteiger partial charge in [-0.2, -0.15) is 5.26 Å². The normalized spacial score (nSPS) is 9.76. The number of ether oxygens (including phenoxy) is 1. The molecule has 0 bridgehead atoms. The van der Waals surface area contributed by atoms with Crippen LogP contribution in [0.3, 0.4) is 0 Å². The van der Waals surface area contributed by atoms with E-state index >= 15 is 0 Å². The number of hydrogen-bond acceptors (Lipinski definition) is 3. The summed E-state index contributed by atoms with van der Waals surface area (Å²) in [6.45, 7) is -0.466. The van der Waals surface area contributed by atoms with Gasteiger partial charge >= 0.3 is 0 Å². The lowest BCUT2D eigenvalue weighted by atomic mass is 10.2. The summed E-state index contributed by atoms with van der Waals surface area (Å²) >= 11 is 0. The highest BCUT2D eigenvalue weighted by Crippen LogP contribution is 2.19. The second-order valence-electron chi connectivity index (χ2n) is 4.04. The monoisotopic (exact) mass is 288 g/mol. The van der Waals surface area contributed by atoms with E-state index in [0.717, 1.165) is 12.1 Å². The third-order valence-corrected chi connectivity index (χ3v) is 2.59. The molecule has 0 aliphatic rings. The van der Waals surface area contributed by atoms with Crippen molar-refractivity contribution in [1.82, 2.24) is 0 Å². The molecule has 2 aromatic rings. The van der Waals surface area contributed by atoms with Crippen LogP contribution in [0, 0.1) is 23.0 Å². The minimum Gasteiger partial charge on any atom is -0.482 e. The van der Waals surface area contributed by atoms with Gasteiger partial charge in [0.1, 0.15) is 29.1 Å². The number of hydrogen-bond donors (Lipinski definition) is 1. The molecule has 1 N–H and O–H groups in total. The average molecular weight is 288 g/mol. The first-order chi connectivity index (χ1) is 10.1. The van der Waals surface area contributed by atoms with Crippen LogP contribution in [-0.2, 0) is 4.79 Å². The van der Waals surface area contributed by atoms with Gasteiger partial charge < -0.3 is 10.1 Å². The third-order valence-electron chi connectivity index (χ3n) is 2.59. The number of anilines is 1. The van der Waals surface area contributed by atoms with Gasteiger partial charge in [-0.25, -0.2) is 8.78 Å². The van der Waals surface area contributed by atoms with E-state index in [9.17, 15) is 13.6 Å². The van der Waals surface area contributed by atoms with Crippen molar-refractivity contribution in [3.63, 3.8) is 0 Å². The molecular weight excluding hydrogens is 278 g/mol. The van der Waals surface area contributed by atoms with Gasteiger partial charge in [0.15, 0.2) is 6.61 Å². The van der Waals surface area contributed by atoms with E-state index in [0.29, 0.717) is 0 Å². The molecule has 6 heteroatoms. The van der Waals surface area contributed by atoms with Gasteiger partial charge in [0, 0.05) is 0 Å². The van der Waals surface area contributed by atoms with Gasteiger partial charge in [-0.1, -0.05) is 18.2 Å². The van der Waals surface area contributed by atoms with Gasteiger partial charge in [0.05, 0.1) is 5.56 Å². The van der Waals surface area contributed by atoms with Crippen molar-refractivity contribution in [2.45, 2.75) is 0 Å². The maximum Gasteiger partial charge on any atom is 0.262 e. The van der Waals surface area contributed by atoms with Crippen LogP contribution < -0.4 is 10.1 Å². The standard InChI is InChI=1S/C15H10F2N2O2/c16-11-5-3-6-12(17)15(11)19-14(20)9-21-13-7-2-1-4-10(13)8-18/h1-7H,9H2,(H,19,20). The molecule has 0 aliphatic heterocycles. The van der Waals surface area contributed by atoms with Crippen LogP contribution in [-0.4, -0.2) is 12.5 Å². The molecule has 2 rings (SSSR count). The first-order valence-corrected chi connectivity index (χ1v) is 5.97. The summed E-state index contributed by atoms with van der Waals surface area (Å²) in [5.74, 6) is -2.25. The number of carbonyl (C=O) groups is 1.